The van der Waals surface area contributed by atoms with Crippen LogP contribution in [0.25, 0.3) is 22.3 Å². The van der Waals surface area contributed by atoms with Gasteiger partial charge in [-0.05, 0) is 35.1 Å². The quantitative estimate of drug-likeness (QED) is 0.486. The van der Waals surface area contributed by atoms with E-state index in [2.05, 4.69) is 4.98 Å². The largest absolute Gasteiger partial charge is 0.478 e. The van der Waals surface area contributed by atoms with Crippen molar-refractivity contribution < 1.29 is 19.8 Å². The van der Waals surface area contributed by atoms with Crippen molar-refractivity contribution in [3.63, 3.8) is 0 Å². The van der Waals surface area contributed by atoms with Crippen molar-refractivity contribution >= 4 is 29.5 Å². The number of nitrogen functional groups attached to an aromatic ring is 1. The lowest BCUT2D eigenvalue weighted by atomic mass is 9.94. The molecule has 0 atom stereocenters. The number of pyridine rings is 1. The van der Waals surface area contributed by atoms with Crippen LogP contribution in [-0.2, 0) is 0 Å². The van der Waals surface area contributed by atoms with Crippen LogP contribution in [0.3, 0.4) is 0 Å². The summed E-state index contributed by atoms with van der Waals surface area (Å²) in [5.41, 5.74) is 5.45. The van der Waals surface area contributed by atoms with E-state index in [0.29, 0.717) is 0 Å². The Morgan fingerprint density at radius 3 is 1.79 bits per heavy atom. The molecule has 8 heteroatoms. The number of benzene rings is 2. The Bertz CT molecular complexity index is 1120. The summed E-state index contributed by atoms with van der Waals surface area (Å²) in [6, 6.07) is 14.5. The Hall–Kier alpha value is -3.52. The molecule has 3 aromatic rings. The van der Waals surface area contributed by atoms with Crippen LogP contribution in [0.1, 0.15) is 20.7 Å². The zero-order valence-electron chi connectivity index (χ0n) is 14.7. The average molecular weight is 396 g/mol. The molecular weight excluding hydrogens is 380 g/mol. The number of rotatable bonds is 5. The van der Waals surface area contributed by atoms with Gasteiger partial charge in [-0.25, -0.2) is 9.59 Å². The van der Waals surface area contributed by atoms with E-state index in [-0.39, 0.29) is 11.1 Å². The third kappa shape index (κ3) is 3.49. The predicted molar refractivity (Wildman–Crippen MR) is 108 cm³/mol. The highest BCUT2D eigenvalue weighted by Crippen LogP contribution is 2.31. The summed E-state index contributed by atoms with van der Waals surface area (Å²) >= 11 is 1.63. The van der Waals surface area contributed by atoms with E-state index in [1.807, 2.05) is 30.5 Å². The molecule has 7 nitrogen and oxygen atoms in total. The minimum atomic E-state index is -1.53. The molecule has 0 saturated carbocycles. The molecule has 0 aliphatic rings. The molecule has 1 heterocycles. The van der Waals surface area contributed by atoms with Gasteiger partial charge in [0.1, 0.15) is 16.9 Å². The van der Waals surface area contributed by atoms with Crippen LogP contribution in [-0.4, -0.2) is 33.4 Å². The number of aromatic nitrogens is 1. The fraction of sp³-hybridized carbons (Fsp3) is 0.0500. The summed E-state index contributed by atoms with van der Waals surface area (Å²) in [4.78, 5) is 38.5. The first-order valence-corrected chi connectivity index (χ1v) is 9.33. The van der Waals surface area contributed by atoms with Gasteiger partial charge in [-0.1, -0.05) is 36.4 Å². The number of carbonyl (C=O) groups is 2. The first-order valence-electron chi connectivity index (χ1n) is 8.10. The lowest BCUT2D eigenvalue weighted by molar-refractivity contribution is 0.0695. The first kappa shape index (κ1) is 19.2. The first-order chi connectivity index (χ1) is 13.3. The smallest absolute Gasteiger partial charge is 0.342 e. The maximum absolute atomic E-state index is 12.1. The van der Waals surface area contributed by atoms with E-state index >= 15 is 0 Å². The molecule has 2 aromatic carbocycles. The van der Waals surface area contributed by atoms with Crippen molar-refractivity contribution in [3.8, 4) is 22.3 Å². The molecule has 0 saturated heterocycles. The molecule has 0 aliphatic heterocycles. The Balaban J connectivity index is 2.17. The topological polar surface area (TPSA) is 133 Å². The van der Waals surface area contributed by atoms with Crippen LogP contribution in [0.5, 0.6) is 0 Å². The number of hydrogen-bond acceptors (Lipinski definition) is 5. The van der Waals surface area contributed by atoms with Gasteiger partial charge >= 0.3 is 11.9 Å². The van der Waals surface area contributed by atoms with Crippen LogP contribution < -0.4 is 11.3 Å². The normalized spacial score (nSPS) is 10.6. The van der Waals surface area contributed by atoms with Gasteiger partial charge in [0.05, 0.1) is 0 Å². The summed E-state index contributed by atoms with van der Waals surface area (Å²) in [5.74, 6) is -3.35. The summed E-state index contributed by atoms with van der Waals surface area (Å²) in [5, 5.41) is 18.9. The number of carboxylic acids is 2. The summed E-state index contributed by atoms with van der Waals surface area (Å²) in [7, 11) is 0. The maximum Gasteiger partial charge on any atom is 0.342 e. The molecule has 0 fully saturated rings. The monoisotopic (exact) mass is 396 g/mol. The highest BCUT2D eigenvalue weighted by atomic mass is 32.2. The molecule has 0 aliphatic carbocycles. The van der Waals surface area contributed by atoms with Gasteiger partial charge in [0.25, 0.3) is 5.56 Å². The molecule has 0 bridgehead atoms. The van der Waals surface area contributed by atoms with Crippen molar-refractivity contribution in [1.29, 1.82) is 0 Å². The molecule has 0 radical (unpaired) electrons. The second kappa shape index (κ2) is 7.61. The highest BCUT2D eigenvalue weighted by molar-refractivity contribution is 7.98. The molecule has 0 unspecified atom stereocenters. The zero-order valence-corrected chi connectivity index (χ0v) is 15.5. The van der Waals surface area contributed by atoms with E-state index in [4.69, 9.17) is 5.73 Å². The van der Waals surface area contributed by atoms with Crippen molar-refractivity contribution in [2.75, 3.05) is 12.0 Å². The number of nitrogens with two attached hydrogens (primary N) is 1. The highest BCUT2D eigenvalue weighted by Gasteiger charge is 2.26. The number of aromatic carboxylic acids is 2. The number of H-pyrrole nitrogens is 1. The number of hydrogen-bond donors (Lipinski definition) is 4. The predicted octanol–water partition coefficient (Wildman–Crippen LogP) is 3.41. The van der Waals surface area contributed by atoms with Crippen LogP contribution in [0.2, 0.25) is 0 Å². The molecule has 3 rings (SSSR count). The van der Waals surface area contributed by atoms with E-state index in [1.165, 1.54) is 0 Å². The summed E-state index contributed by atoms with van der Waals surface area (Å²) < 4.78 is 0. The maximum atomic E-state index is 12.1. The van der Waals surface area contributed by atoms with E-state index in [1.54, 1.807) is 36.0 Å². The average Bonchev–Trinajstić information content (AvgIpc) is 2.67. The van der Waals surface area contributed by atoms with Gasteiger partial charge in [0.15, 0.2) is 0 Å². The minimum absolute atomic E-state index is 0.217. The van der Waals surface area contributed by atoms with Gasteiger partial charge < -0.3 is 20.9 Å². The third-order valence-electron chi connectivity index (χ3n) is 4.27. The van der Waals surface area contributed by atoms with E-state index in [0.717, 1.165) is 16.0 Å². The lowest BCUT2D eigenvalue weighted by Gasteiger charge is -2.12. The number of aromatic amines is 1. The van der Waals surface area contributed by atoms with E-state index in [9.17, 15) is 24.6 Å². The standard InChI is InChI=1S/C20H16N2O5S/c1-28-13-8-6-11(7-9-13)10-2-4-12(5-3-10)14-15(19(24)25)17(21)22-18(23)16(14)20(26)27/h2-9H,1H3,(H,24,25)(H,26,27)(H3,21,22,23). The van der Waals surface area contributed by atoms with Crippen LogP contribution >= 0.6 is 11.8 Å². The van der Waals surface area contributed by atoms with Gasteiger partial charge in [-0.3, -0.25) is 4.79 Å². The van der Waals surface area contributed by atoms with Crippen LogP contribution in [0.15, 0.2) is 58.2 Å². The second-order valence-electron chi connectivity index (χ2n) is 5.91. The molecule has 1 aromatic heterocycles. The Kier molecular flexibility index (Phi) is 5.23. The van der Waals surface area contributed by atoms with Crippen molar-refractivity contribution in [3.05, 3.63) is 70.0 Å². The molecule has 28 heavy (non-hydrogen) atoms. The fourth-order valence-corrected chi connectivity index (χ4v) is 3.36. The minimum Gasteiger partial charge on any atom is -0.478 e. The Morgan fingerprint density at radius 2 is 1.32 bits per heavy atom. The van der Waals surface area contributed by atoms with Gasteiger partial charge in [0, 0.05) is 10.5 Å². The number of nitrogens with one attached hydrogen (secondary N) is 1. The molecule has 0 amide bonds. The third-order valence-corrected chi connectivity index (χ3v) is 5.01. The van der Waals surface area contributed by atoms with Gasteiger partial charge in [-0.2, -0.15) is 0 Å². The zero-order chi connectivity index (χ0) is 20.4. The molecule has 0 spiro atoms. The Morgan fingerprint density at radius 1 is 0.857 bits per heavy atom. The fourth-order valence-electron chi connectivity index (χ4n) is 2.95. The molecule has 142 valence electrons. The molecule has 5 N–H and O–H groups in total. The number of thioether (sulfide) groups is 1. The SMILES string of the molecule is CSc1ccc(-c2ccc(-c3c(C(=O)O)c(N)[nH]c(=O)c3C(=O)O)cc2)cc1. The Labute approximate surface area is 163 Å². The van der Waals surface area contributed by atoms with Crippen molar-refractivity contribution in [2.45, 2.75) is 4.90 Å². The number of anilines is 1. The summed E-state index contributed by atoms with van der Waals surface area (Å²) in [6.45, 7) is 0. The summed E-state index contributed by atoms with van der Waals surface area (Å²) in [6.07, 6.45) is 1.98. The van der Waals surface area contributed by atoms with Crippen LogP contribution in [0, 0.1) is 0 Å². The van der Waals surface area contributed by atoms with Gasteiger partial charge in [0.2, 0.25) is 0 Å². The lowest BCUT2D eigenvalue weighted by Crippen LogP contribution is -2.24. The number of carboxylic acid groups (broad SMARTS) is 2. The van der Waals surface area contributed by atoms with Crippen molar-refractivity contribution in [2.24, 2.45) is 0 Å². The van der Waals surface area contributed by atoms with Crippen molar-refractivity contribution in [1.82, 2.24) is 4.98 Å². The second-order valence-corrected chi connectivity index (χ2v) is 6.79. The van der Waals surface area contributed by atoms with Gasteiger partial charge in [-0.15, -0.1) is 11.8 Å². The molecular formula is C20H16N2O5S. The van der Waals surface area contributed by atoms with E-state index < -0.39 is 34.4 Å². The van der Waals surface area contributed by atoms with Crippen LogP contribution in [0.4, 0.5) is 5.82 Å².